The van der Waals surface area contributed by atoms with Gasteiger partial charge in [-0.25, -0.2) is 0 Å². The third-order valence-electron chi connectivity index (χ3n) is 3.21. The molecule has 0 aliphatic heterocycles. The van der Waals surface area contributed by atoms with Gasteiger partial charge in [-0.05, 0) is 29.8 Å². The molecule has 0 saturated carbocycles. The smallest absolute Gasteiger partial charge is 0.196 e. The summed E-state index contributed by atoms with van der Waals surface area (Å²) in [5, 5.41) is 9.34. The quantitative estimate of drug-likeness (QED) is 0.734. The van der Waals surface area contributed by atoms with E-state index < -0.39 is 0 Å². The molecule has 0 radical (unpaired) electrons. The van der Waals surface area contributed by atoms with Crippen molar-refractivity contribution in [1.29, 1.82) is 0 Å². The summed E-state index contributed by atoms with van der Waals surface area (Å²) in [7, 11) is 1.66. The van der Waals surface area contributed by atoms with Gasteiger partial charge in [0.1, 0.15) is 5.75 Å². The van der Waals surface area contributed by atoms with Crippen LogP contribution in [0.25, 0.3) is 5.65 Å². The van der Waals surface area contributed by atoms with Crippen LogP contribution in [0, 0.1) is 0 Å². The molecule has 1 unspecified atom stereocenters. The zero-order valence-electron chi connectivity index (χ0n) is 11.6. The number of hydrogen-bond acceptors (Lipinski definition) is 5. The van der Waals surface area contributed by atoms with Crippen molar-refractivity contribution in [2.24, 2.45) is 5.73 Å². The average Bonchev–Trinajstić information content (AvgIpc) is 2.95. The number of aromatic nitrogens is 3. The predicted molar refractivity (Wildman–Crippen MR) is 83.6 cm³/mol. The Balaban J connectivity index is 1.90. The molecule has 2 heterocycles. The third kappa shape index (κ3) is 2.86. The molecule has 0 bridgehead atoms. The summed E-state index contributed by atoms with van der Waals surface area (Å²) < 4.78 is 7.24. The van der Waals surface area contributed by atoms with Gasteiger partial charge in [-0.15, -0.1) is 10.2 Å². The van der Waals surface area contributed by atoms with Crippen LogP contribution in [0.15, 0.2) is 53.8 Å². The first-order valence-corrected chi connectivity index (χ1v) is 7.50. The van der Waals surface area contributed by atoms with Gasteiger partial charge < -0.3 is 10.5 Å². The highest BCUT2D eigenvalue weighted by Gasteiger charge is 2.16. The van der Waals surface area contributed by atoms with Crippen molar-refractivity contribution < 1.29 is 4.74 Å². The summed E-state index contributed by atoms with van der Waals surface area (Å²) in [5.41, 5.74) is 7.89. The fraction of sp³-hybridized carbons (Fsp3) is 0.200. The second kappa shape index (κ2) is 6.15. The predicted octanol–water partition coefficient (Wildman–Crippen LogP) is 2.53. The van der Waals surface area contributed by atoms with Crippen molar-refractivity contribution in [2.75, 3.05) is 13.7 Å². The van der Waals surface area contributed by atoms with E-state index in [4.69, 9.17) is 10.5 Å². The number of nitrogens with zero attached hydrogens (tertiary/aromatic N) is 3. The molecule has 2 aromatic heterocycles. The van der Waals surface area contributed by atoms with E-state index in [9.17, 15) is 0 Å². The summed E-state index contributed by atoms with van der Waals surface area (Å²) >= 11 is 1.61. The van der Waals surface area contributed by atoms with Crippen molar-refractivity contribution in [3.8, 4) is 5.75 Å². The summed E-state index contributed by atoms with van der Waals surface area (Å²) in [4.78, 5) is 0. The minimum atomic E-state index is 0.104. The minimum absolute atomic E-state index is 0.104. The molecule has 1 atom stereocenters. The second-order valence-corrected chi connectivity index (χ2v) is 5.70. The summed E-state index contributed by atoms with van der Waals surface area (Å²) in [5.74, 6) is 0.831. The summed E-state index contributed by atoms with van der Waals surface area (Å²) in [6.45, 7) is 0.513. The van der Waals surface area contributed by atoms with E-state index in [1.54, 1.807) is 18.9 Å². The van der Waals surface area contributed by atoms with Crippen LogP contribution in [-0.4, -0.2) is 28.3 Å². The van der Waals surface area contributed by atoms with Gasteiger partial charge in [0.2, 0.25) is 0 Å². The van der Waals surface area contributed by atoms with Gasteiger partial charge in [-0.1, -0.05) is 30.0 Å². The second-order valence-electron chi connectivity index (χ2n) is 4.53. The number of benzene rings is 1. The molecule has 0 aliphatic carbocycles. The van der Waals surface area contributed by atoms with Gasteiger partial charge in [0.15, 0.2) is 10.8 Å². The topological polar surface area (TPSA) is 65.4 Å². The van der Waals surface area contributed by atoms with E-state index in [-0.39, 0.29) is 5.25 Å². The van der Waals surface area contributed by atoms with E-state index >= 15 is 0 Å². The maximum atomic E-state index is 5.94. The Kier molecular flexibility index (Phi) is 4.08. The number of nitrogens with two attached hydrogens (primary N) is 1. The van der Waals surface area contributed by atoms with Crippen molar-refractivity contribution in [3.63, 3.8) is 0 Å². The van der Waals surface area contributed by atoms with Gasteiger partial charge in [0.25, 0.3) is 0 Å². The average molecular weight is 300 g/mol. The van der Waals surface area contributed by atoms with Crippen LogP contribution in [0.5, 0.6) is 5.75 Å². The first kappa shape index (κ1) is 13.9. The molecule has 0 aliphatic rings. The van der Waals surface area contributed by atoms with Crippen molar-refractivity contribution in [2.45, 2.75) is 10.4 Å². The highest BCUT2D eigenvalue weighted by atomic mass is 32.2. The van der Waals surface area contributed by atoms with Crippen LogP contribution in [0.1, 0.15) is 10.8 Å². The molecule has 0 saturated heterocycles. The van der Waals surface area contributed by atoms with Crippen LogP contribution in [0.4, 0.5) is 0 Å². The lowest BCUT2D eigenvalue weighted by Crippen LogP contribution is -2.10. The van der Waals surface area contributed by atoms with Crippen LogP contribution in [0.2, 0.25) is 0 Å². The third-order valence-corrected chi connectivity index (χ3v) is 4.45. The Hall–Kier alpha value is -2.05. The molecule has 0 spiro atoms. The van der Waals surface area contributed by atoms with Gasteiger partial charge in [0.05, 0.1) is 7.11 Å². The largest absolute Gasteiger partial charge is 0.497 e. The van der Waals surface area contributed by atoms with Crippen molar-refractivity contribution >= 4 is 17.4 Å². The van der Waals surface area contributed by atoms with E-state index in [2.05, 4.69) is 16.3 Å². The number of rotatable bonds is 5. The van der Waals surface area contributed by atoms with Crippen LogP contribution in [0.3, 0.4) is 0 Å². The fourth-order valence-electron chi connectivity index (χ4n) is 2.12. The molecule has 21 heavy (non-hydrogen) atoms. The Labute approximate surface area is 127 Å². The molecule has 108 valence electrons. The Bertz CT molecular complexity index is 743. The standard InChI is InChI=1S/C15H16N4OS/c1-20-12-6-4-5-11(9-12)13(10-16)21-15-18-17-14-7-2-3-8-19(14)15/h2-9,13H,10,16H2,1H3. The van der Waals surface area contributed by atoms with Crippen LogP contribution >= 0.6 is 11.8 Å². The number of ether oxygens (including phenoxy) is 1. The van der Waals surface area contributed by atoms with E-state index in [0.717, 1.165) is 22.1 Å². The highest BCUT2D eigenvalue weighted by molar-refractivity contribution is 7.99. The number of fused-ring (bicyclic) bond motifs is 1. The Morgan fingerprint density at radius 3 is 2.95 bits per heavy atom. The molecular formula is C15H16N4OS. The first-order valence-electron chi connectivity index (χ1n) is 6.62. The van der Waals surface area contributed by atoms with Crippen molar-refractivity contribution in [3.05, 3.63) is 54.2 Å². The molecule has 0 fully saturated rings. The molecule has 6 heteroatoms. The highest BCUT2D eigenvalue weighted by Crippen LogP contribution is 2.34. The van der Waals surface area contributed by atoms with Gasteiger partial charge in [0, 0.05) is 18.0 Å². The Morgan fingerprint density at radius 2 is 2.14 bits per heavy atom. The van der Waals surface area contributed by atoms with Crippen LogP contribution in [-0.2, 0) is 0 Å². The van der Waals surface area contributed by atoms with Gasteiger partial charge in [-0.2, -0.15) is 0 Å². The number of pyridine rings is 1. The maximum Gasteiger partial charge on any atom is 0.196 e. The normalized spacial score (nSPS) is 12.5. The molecule has 1 aromatic carbocycles. The molecule has 2 N–H and O–H groups in total. The lowest BCUT2D eigenvalue weighted by atomic mass is 10.1. The summed E-state index contributed by atoms with van der Waals surface area (Å²) in [6.07, 6.45) is 1.96. The number of thioether (sulfide) groups is 1. The zero-order chi connectivity index (χ0) is 14.7. The first-order chi connectivity index (χ1) is 10.3. The molecule has 3 rings (SSSR count). The minimum Gasteiger partial charge on any atom is -0.497 e. The van der Waals surface area contributed by atoms with Gasteiger partial charge >= 0.3 is 0 Å². The zero-order valence-corrected chi connectivity index (χ0v) is 12.5. The SMILES string of the molecule is COc1cccc(C(CN)Sc2nnc3ccccn23)c1. The molecule has 3 aromatic rings. The maximum absolute atomic E-state index is 5.94. The lowest BCUT2D eigenvalue weighted by Gasteiger charge is -2.14. The number of methoxy groups -OCH3 is 1. The van der Waals surface area contributed by atoms with E-state index in [1.807, 2.05) is 47.0 Å². The molecular weight excluding hydrogens is 284 g/mol. The summed E-state index contributed by atoms with van der Waals surface area (Å²) in [6, 6.07) is 13.8. The Morgan fingerprint density at radius 1 is 1.24 bits per heavy atom. The van der Waals surface area contributed by atoms with Crippen molar-refractivity contribution in [1.82, 2.24) is 14.6 Å². The molecule has 0 amide bonds. The van der Waals surface area contributed by atoms with E-state index in [1.165, 1.54) is 0 Å². The van der Waals surface area contributed by atoms with E-state index in [0.29, 0.717) is 6.54 Å². The molecule has 5 nitrogen and oxygen atoms in total. The van der Waals surface area contributed by atoms with Gasteiger partial charge in [-0.3, -0.25) is 4.40 Å². The monoisotopic (exact) mass is 300 g/mol. The lowest BCUT2D eigenvalue weighted by molar-refractivity contribution is 0.414. The fourth-order valence-corrected chi connectivity index (χ4v) is 3.11. The van der Waals surface area contributed by atoms with Crippen LogP contribution < -0.4 is 10.5 Å². The number of hydrogen-bond donors (Lipinski definition) is 1.